The van der Waals surface area contributed by atoms with Gasteiger partial charge >= 0.3 is 12.0 Å². The maximum absolute atomic E-state index is 12.5. The van der Waals surface area contributed by atoms with Crippen molar-refractivity contribution in [1.29, 1.82) is 0 Å². The molecule has 0 aliphatic carbocycles. The predicted molar refractivity (Wildman–Crippen MR) is 196 cm³/mol. The Bertz CT molecular complexity index is 1190. The molecule has 1 saturated heterocycles. The number of unbranched alkanes of at least 4 members (excludes halogenated alkanes) is 10. The van der Waals surface area contributed by atoms with Gasteiger partial charge in [-0.05, 0) is 56.1 Å². The van der Waals surface area contributed by atoms with Gasteiger partial charge in [0, 0.05) is 23.7 Å². The molecule has 0 radical (unpaired) electrons. The molecule has 9 heteroatoms. The minimum Gasteiger partial charge on any atom is -0.465 e. The van der Waals surface area contributed by atoms with Gasteiger partial charge in [-0.25, -0.2) is 4.79 Å². The van der Waals surface area contributed by atoms with Crippen LogP contribution in [0.1, 0.15) is 134 Å². The molecule has 0 bridgehead atoms. The second-order valence-electron chi connectivity index (χ2n) is 13.4. The van der Waals surface area contributed by atoms with Crippen LogP contribution in [0.3, 0.4) is 0 Å². The van der Waals surface area contributed by atoms with Gasteiger partial charge in [0.25, 0.3) is 0 Å². The zero-order chi connectivity index (χ0) is 35.3. The lowest BCUT2D eigenvalue weighted by molar-refractivity contribution is -0.276. The van der Waals surface area contributed by atoms with Gasteiger partial charge in [-0.2, -0.15) is 0 Å². The maximum atomic E-state index is 12.5. The SMILES string of the molecule is CCCCCCCCN(CCCCCCCC)C[C@@H]1O[C@H](c2cccc(NC(=O)NCC(=O)OCC)c2)O[C@H](c2ccc(CO)cc2)[C@@H]1C. The first-order valence-corrected chi connectivity index (χ1v) is 18.9. The van der Waals surface area contributed by atoms with E-state index < -0.39 is 18.3 Å². The lowest BCUT2D eigenvalue weighted by Crippen LogP contribution is -2.45. The molecule has 1 heterocycles. The Labute approximate surface area is 295 Å². The quantitative estimate of drug-likeness (QED) is 0.0796. The molecule has 0 aromatic heterocycles. The van der Waals surface area contributed by atoms with E-state index in [1.807, 2.05) is 42.5 Å². The molecule has 2 aromatic rings. The Morgan fingerprint density at radius 2 is 1.45 bits per heavy atom. The lowest BCUT2D eigenvalue weighted by atomic mass is 9.90. The van der Waals surface area contributed by atoms with Crippen LogP contribution in [0.4, 0.5) is 10.5 Å². The number of ether oxygens (including phenoxy) is 3. The van der Waals surface area contributed by atoms with Crippen LogP contribution in [0.15, 0.2) is 48.5 Å². The van der Waals surface area contributed by atoms with Crippen molar-refractivity contribution < 1.29 is 28.9 Å². The van der Waals surface area contributed by atoms with Gasteiger partial charge in [-0.1, -0.05) is 121 Å². The third kappa shape index (κ3) is 14.8. The standard InChI is InChI=1S/C40H63N3O6/c1-5-8-10-12-14-16-25-43(26-17-15-13-11-9-6-2)29-36-31(4)38(33-23-21-32(30-44)22-24-33)49-39(48-36)34-19-18-20-35(27-34)42-40(46)41-28-37(45)47-7-3/h18-24,27,31,36,38-39,44H,5-17,25-26,28-30H2,1-4H3,(H2,41,42,46)/t31-,36+,38+,39+/m1/s1. The van der Waals surface area contributed by atoms with Crippen molar-refractivity contribution in [3.63, 3.8) is 0 Å². The third-order valence-corrected chi connectivity index (χ3v) is 9.33. The van der Waals surface area contributed by atoms with Crippen LogP contribution in [0.5, 0.6) is 0 Å². The predicted octanol–water partition coefficient (Wildman–Crippen LogP) is 8.68. The zero-order valence-electron chi connectivity index (χ0n) is 30.6. The summed E-state index contributed by atoms with van der Waals surface area (Å²) in [5.41, 5.74) is 3.28. The molecule has 2 amide bonds. The number of aliphatic hydroxyl groups excluding tert-OH is 1. The Morgan fingerprint density at radius 1 is 0.816 bits per heavy atom. The summed E-state index contributed by atoms with van der Waals surface area (Å²) in [5.74, 6) is -0.404. The highest BCUT2D eigenvalue weighted by atomic mass is 16.7. The van der Waals surface area contributed by atoms with Crippen LogP contribution >= 0.6 is 0 Å². The average molecular weight is 682 g/mol. The number of benzene rings is 2. The highest BCUT2D eigenvalue weighted by molar-refractivity contribution is 5.91. The summed E-state index contributed by atoms with van der Waals surface area (Å²) in [5, 5.41) is 15.0. The number of hydrogen-bond acceptors (Lipinski definition) is 7. The largest absolute Gasteiger partial charge is 0.465 e. The van der Waals surface area contributed by atoms with Crippen LogP contribution in [-0.2, 0) is 25.6 Å². The monoisotopic (exact) mass is 681 g/mol. The first-order valence-electron chi connectivity index (χ1n) is 18.9. The minimum atomic E-state index is -0.641. The number of nitrogens with zero attached hydrogens (tertiary/aromatic N) is 1. The van der Waals surface area contributed by atoms with Crippen LogP contribution in [-0.4, -0.2) is 60.9 Å². The van der Waals surface area contributed by atoms with Crippen molar-refractivity contribution >= 4 is 17.7 Å². The van der Waals surface area contributed by atoms with Crippen LogP contribution in [0, 0.1) is 5.92 Å². The van der Waals surface area contributed by atoms with E-state index in [1.54, 1.807) is 13.0 Å². The Morgan fingerprint density at radius 3 is 2.06 bits per heavy atom. The van der Waals surface area contributed by atoms with Crippen molar-refractivity contribution in [1.82, 2.24) is 10.2 Å². The van der Waals surface area contributed by atoms with Gasteiger partial charge in [0.1, 0.15) is 6.54 Å². The highest BCUT2D eigenvalue weighted by Crippen LogP contribution is 2.42. The number of anilines is 1. The molecule has 1 aliphatic heterocycles. The molecule has 274 valence electrons. The highest BCUT2D eigenvalue weighted by Gasteiger charge is 2.39. The molecule has 1 fully saturated rings. The number of urea groups is 1. The summed E-state index contributed by atoms with van der Waals surface area (Å²) in [6.45, 7) is 11.5. The van der Waals surface area contributed by atoms with Gasteiger partial charge in [0.15, 0.2) is 6.29 Å². The van der Waals surface area contributed by atoms with Crippen LogP contribution < -0.4 is 10.6 Å². The molecule has 9 nitrogen and oxygen atoms in total. The number of aliphatic hydroxyl groups is 1. The fraction of sp³-hybridized carbons (Fsp3) is 0.650. The first kappa shape index (κ1) is 40.4. The van der Waals surface area contributed by atoms with Crippen LogP contribution in [0.25, 0.3) is 0 Å². The van der Waals surface area contributed by atoms with Crippen molar-refractivity contribution in [2.75, 3.05) is 38.1 Å². The second kappa shape index (κ2) is 23.4. The van der Waals surface area contributed by atoms with Crippen molar-refractivity contribution in [2.24, 2.45) is 5.92 Å². The zero-order valence-corrected chi connectivity index (χ0v) is 30.6. The summed E-state index contributed by atoms with van der Waals surface area (Å²) in [6.07, 6.45) is 14.3. The smallest absolute Gasteiger partial charge is 0.325 e. The normalized spacial score (nSPS) is 19.1. The molecule has 2 aromatic carbocycles. The second-order valence-corrected chi connectivity index (χ2v) is 13.4. The van der Waals surface area contributed by atoms with Gasteiger partial charge in [0.2, 0.25) is 0 Å². The molecule has 0 spiro atoms. The summed E-state index contributed by atoms with van der Waals surface area (Å²) in [4.78, 5) is 26.8. The van der Waals surface area contributed by atoms with E-state index in [0.29, 0.717) is 5.69 Å². The number of carbonyl (C=O) groups excluding carboxylic acids is 2. The number of rotatable bonds is 23. The van der Waals surface area contributed by atoms with E-state index in [9.17, 15) is 14.7 Å². The molecule has 0 saturated carbocycles. The van der Waals surface area contributed by atoms with Crippen molar-refractivity contribution in [3.8, 4) is 0 Å². The number of nitrogens with one attached hydrogen (secondary N) is 2. The number of amides is 2. The maximum Gasteiger partial charge on any atom is 0.325 e. The number of esters is 1. The van der Waals surface area contributed by atoms with E-state index in [0.717, 1.165) is 36.3 Å². The van der Waals surface area contributed by atoms with Gasteiger partial charge in [-0.3, -0.25) is 4.79 Å². The summed E-state index contributed by atoms with van der Waals surface area (Å²) >= 11 is 0. The van der Waals surface area contributed by atoms with E-state index in [-0.39, 0.29) is 37.9 Å². The fourth-order valence-electron chi connectivity index (χ4n) is 6.41. The first-order chi connectivity index (χ1) is 23.9. The van der Waals surface area contributed by atoms with E-state index in [4.69, 9.17) is 14.2 Å². The lowest BCUT2D eigenvalue weighted by Gasteiger charge is -2.43. The molecule has 49 heavy (non-hydrogen) atoms. The van der Waals surface area contributed by atoms with Crippen LogP contribution in [0.2, 0.25) is 0 Å². The third-order valence-electron chi connectivity index (χ3n) is 9.33. The Hall–Kier alpha value is -2.98. The molecule has 3 rings (SSSR count). The molecular formula is C40H63N3O6. The van der Waals surface area contributed by atoms with Gasteiger partial charge < -0.3 is 34.9 Å². The van der Waals surface area contributed by atoms with Gasteiger partial charge in [-0.15, -0.1) is 0 Å². The Balaban J connectivity index is 1.77. The topological polar surface area (TPSA) is 109 Å². The molecule has 4 atom stereocenters. The van der Waals surface area contributed by atoms with Crippen molar-refractivity contribution in [3.05, 3.63) is 65.2 Å². The molecular weight excluding hydrogens is 618 g/mol. The molecule has 0 unspecified atom stereocenters. The van der Waals surface area contributed by atoms with Gasteiger partial charge in [0.05, 0.1) is 25.4 Å². The van der Waals surface area contributed by atoms with E-state index >= 15 is 0 Å². The fourth-order valence-corrected chi connectivity index (χ4v) is 6.41. The van der Waals surface area contributed by atoms with E-state index in [2.05, 4.69) is 36.3 Å². The summed E-state index contributed by atoms with van der Waals surface area (Å²) < 4.78 is 18.4. The minimum absolute atomic E-state index is 0.00523. The van der Waals surface area contributed by atoms with E-state index in [1.165, 1.54) is 77.0 Å². The average Bonchev–Trinajstić information content (AvgIpc) is 3.11. The number of carbonyl (C=O) groups is 2. The summed E-state index contributed by atoms with van der Waals surface area (Å²) in [7, 11) is 0. The number of hydrogen-bond donors (Lipinski definition) is 3. The molecule has 1 aliphatic rings. The Kier molecular flexibility index (Phi) is 19.3. The molecule has 3 N–H and O–H groups in total. The summed E-state index contributed by atoms with van der Waals surface area (Å²) in [6, 6.07) is 15.0. The van der Waals surface area contributed by atoms with Crippen molar-refractivity contribution in [2.45, 2.75) is 130 Å².